The van der Waals surface area contributed by atoms with Gasteiger partial charge in [-0.1, -0.05) is 42.0 Å². The minimum absolute atomic E-state index is 0.00467. The quantitative estimate of drug-likeness (QED) is 0.847. The summed E-state index contributed by atoms with van der Waals surface area (Å²) in [6.07, 6.45) is 1.12. The molecule has 4 nitrogen and oxygen atoms in total. The van der Waals surface area contributed by atoms with Crippen molar-refractivity contribution >= 4 is 11.7 Å². The van der Waals surface area contributed by atoms with Crippen molar-refractivity contribution in [1.82, 2.24) is 5.32 Å². The summed E-state index contributed by atoms with van der Waals surface area (Å²) in [5, 5.41) is 2.99. The van der Waals surface area contributed by atoms with Crippen molar-refractivity contribution < 1.29 is 14.3 Å². The zero-order valence-corrected chi connectivity index (χ0v) is 15.2. The van der Waals surface area contributed by atoms with Crippen LogP contribution in [0.25, 0.3) is 11.1 Å². The van der Waals surface area contributed by atoms with Gasteiger partial charge in [0.2, 0.25) is 5.91 Å². The number of Topliss-reactive ketones (excluding diaryl/α,β-unsaturated/α-hetero) is 1. The van der Waals surface area contributed by atoms with E-state index < -0.39 is 11.5 Å². The van der Waals surface area contributed by atoms with E-state index in [9.17, 15) is 9.59 Å². The van der Waals surface area contributed by atoms with Crippen LogP contribution < -0.4 is 5.32 Å². The van der Waals surface area contributed by atoms with E-state index in [0.717, 1.165) is 22.3 Å². The Hall–Kier alpha value is -2.46. The molecule has 2 saturated heterocycles. The topological polar surface area (TPSA) is 55.4 Å². The first-order chi connectivity index (χ1) is 12.5. The fourth-order valence-electron chi connectivity index (χ4n) is 4.02. The highest BCUT2D eigenvalue weighted by Crippen LogP contribution is 2.38. The molecule has 134 valence electrons. The number of amides is 1. The van der Waals surface area contributed by atoms with Crippen LogP contribution in [0.4, 0.5) is 0 Å². The third kappa shape index (κ3) is 2.74. The Balaban J connectivity index is 1.73. The van der Waals surface area contributed by atoms with Gasteiger partial charge in [0.25, 0.3) is 0 Å². The van der Waals surface area contributed by atoms with E-state index in [0.29, 0.717) is 26.1 Å². The third-order valence-corrected chi connectivity index (χ3v) is 5.68. The summed E-state index contributed by atoms with van der Waals surface area (Å²) in [7, 11) is 0. The number of hydrogen-bond donors (Lipinski definition) is 1. The highest BCUT2D eigenvalue weighted by atomic mass is 16.5. The van der Waals surface area contributed by atoms with Crippen LogP contribution in [0.2, 0.25) is 0 Å². The van der Waals surface area contributed by atoms with E-state index in [1.807, 2.05) is 25.1 Å². The lowest BCUT2D eigenvalue weighted by molar-refractivity contribution is -0.127. The Bertz CT molecular complexity index is 863. The van der Waals surface area contributed by atoms with E-state index >= 15 is 0 Å². The number of aryl methyl sites for hydroxylation is 2. The average molecular weight is 349 g/mol. The molecule has 1 atom stereocenters. The van der Waals surface area contributed by atoms with Gasteiger partial charge in [-0.2, -0.15) is 0 Å². The molecule has 0 aliphatic carbocycles. The largest absolute Gasteiger partial charge is 0.381 e. The van der Waals surface area contributed by atoms with Gasteiger partial charge in [0.1, 0.15) is 11.5 Å². The van der Waals surface area contributed by atoms with Crippen LogP contribution >= 0.6 is 0 Å². The predicted octanol–water partition coefficient (Wildman–Crippen LogP) is 3.30. The van der Waals surface area contributed by atoms with E-state index in [-0.39, 0.29) is 11.7 Å². The van der Waals surface area contributed by atoms with Crippen LogP contribution in [-0.2, 0) is 14.3 Å². The molecule has 4 rings (SSSR count). The smallest absolute Gasteiger partial charge is 0.235 e. The number of carbonyl (C=O) groups excluding carboxylic acids is 2. The van der Waals surface area contributed by atoms with Crippen molar-refractivity contribution in [3.63, 3.8) is 0 Å². The van der Waals surface area contributed by atoms with Gasteiger partial charge in [0.15, 0.2) is 5.78 Å². The molecule has 2 aromatic carbocycles. The summed E-state index contributed by atoms with van der Waals surface area (Å²) >= 11 is 0. The average Bonchev–Trinajstić information content (AvgIpc) is 2.87. The van der Waals surface area contributed by atoms with Gasteiger partial charge < -0.3 is 10.1 Å². The van der Waals surface area contributed by atoms with Gasteiger partial charge in [-0.15, -0.1) is 0 Å². The molecule has 2 fully saturated rings. The normalized spacial score (nSPS) is 21.8. The van der Waals surface area contributed by atoms with E-state index in [1.165, 1.54) is 5.56 Å². The van der Waals surface area contributed by atoms with Gasteiger partial charge >= 0.3 is 0 Å². The van der Waals surface area contributed by atoms with Gasteiger partial charge in [-0.3, -0.25) is 9.59 Å². The molecule has 26 heavy (non-hydrogen) atoms. The first-order valence-electron chi connectivity index (χ1n) is 9.12. The molecule has 4 heteroatoms. The van der Waals surface area contributed by atoms with Crippen molar-refractivity contribution in [1.29, 1.82) is 0 Å². The number of carbonyl (C=O) groups is 2. The fraction of sp³-hybridized carbons (Fsp3) is 0.364. The SMILES string of the molecule is Cc1ccc(-c2ccc(C)c(C3C(=O)NC4(CCOCC4)C3=O)c2)cc1. The maximum atomic E-state index is 13.2. The first kappa shape index (κ1) is 17.0. The van der Waals surface area contributed by atoms with Crippen LogP contribution in [0.1, 0.15) is 35.4 Å². The molecule has 2 aliphatic rings. The zero-order valence-electron chi connectivity index (χ0n) is 15.2. The molecule has 2 aromatic rings. The molecule has 0 bridgehead atoms. The van der Waals surface area contributed by atoms with Crippen molar-refractivity contribution in [2.75, 3.05) is 13.2 Å². The number of ether oxygens (including phenoxy) is 1. The van der Waals surface area contributed by atoms with Gasteiger partial charge in [0.05, 0.1) is 0 Å². The molecular formula is C22H23NO3. The third-order valence-electron chi connectivity index (χ3n) is 5.68. The summed E-state index contributed by atoms with van der Waals surface area (Å²) in [5.74, 6) is -0.908. The Kier molecular flexibility index (Phi) is 4.16. The maximum absolute atomic E-state index is 13.2. The van der Waals surface area contributed by atoms with Gasteiger partial charge in [-0.05, 0) is 42.2 Å². The van der Waals surface area contributed by atoms with Crippen molar-refractivity contribution in [3.8, 4) is 11.1 Å². The molecule has 2 aliphatic heterocycles. The maximum Gasteiger partial charge on any atom is 0.235 e. The van der Waals surface area contributed by atoms with Gasteiger partial charge in [0, 0.05) is 26.1 Å². The van der Waals surface area contributed by atoms with Crippen LogP contribution in [0.3, 0.4) is 0 Å². The second-order valence-corrected chi connectivity index (χ2v) is 7.42. The highest BCUT2D eigenvalue weighted by Gasteiger charge is 2.53. The molecular weight excluding hydrogens is 326 g/mol. The lowest BCUT2D eigenvalue weighted by atomic mass is 9.80. The number of benzene rings is 2. The molecule has 2 heterocycles. The monoisotopic (exact) mass is 349 g/mol. The molecule has 1 amide bonds. The van der Waals surface area contributed by atoms with Crippen molar-refractivity contribution in [2.45, 2.75) is 38.1 Å². The van der Waals surface area contributed by atoms with E-state index in [4.69, 9.17) is 4.74 Å². The number of ketones is 1. The number of hydrogen-bond acceptors (Lipinski definition) is 3. The van der Waals surface area contributed by atoms with Crippen molar-refractivity contribution in [2.24, 2.45) is 0 Å². The number of rotatable bonds is 2. The lowest BCUT2D eigenvalue weighted by Crippen LogP contribution is -2.50. The van der Waals surface area contributed by atoms with Crippen LogP contribution in [0, 0.1) is 13.8 Å². The number of nitrogens with one attached hydrogen (secondary N) is 1. The van der Waals surface area contributed by atoms with E-state index in [2.05, 4.69) is 36.5 Å². The summed E-state index contributed by atoms with van der Waals surface area (Å²) in [5.41, 5.74) is 4.36. The molecule has 1 N–H and O–H groups in total. The second kappa shape index (κ2) is 6.36. The highest BCUT2D eigenvalue weighted by molar-refractivity contribution is 6.17. The molecule has 0 saturated carbocycles. The van der Waals surface area contributed by atoms with Gasteiger partial charge in [-0.25, -0.2) is 0 Å². The fourth-order valence-corrected chi connectivity index (χ4v) is 4.02. The molecule has 0 radical (unpaired) electrons. The Morgan fingerprint density at radius 3 is 2.31 bits per heavy atom. The molecule has 0 aromatic heterocycles. The molecule has 1 spiro atoms. The zero-order chi connectivity index (χ0) is 18.3. The Morgan fingerprint density at radius 1 is 0.962 bits per heavy atom. The molecule has 1 unspecified atom stereocenters. The minimum Gasteiger partial charge on any atom is -0.381 e. The van der Waals surface area contributed by atoms with Crippen LogP contribution in [0.5, 0.6) is 0 Å². The Labute approximate surface area is 153 Å². The second-order valence-electron chi connectivity index (χ2n) is 7.42. The summed E-state index contributed by atoms with van der Waals surface area (Å²) < 4.78 is 5.39. The Morgan fingerprint density at radius 2 is 1.62 bits per heavy atom. The summed E-state index contributed by atoms with van der Waals surface area (Å²) in [6, 6.07) is 14.3. The minimum atomic E-state index is -0.744. The summed E-state index contributed by atoms with van der Waals surface area (Å²) in [6.45, 7) is 5.05. The van der Waals surface area contributed by atoms with E-state index in [1.54, 1.807) is 0 Å². The van der Waals surface area contributed by atoms with Crippen LogP contribution in [0.15, 0.2) is 42.5 Å². The first-order valence-corrected chi connectivity index (χ1v) is 9.12. The summed E-state index contributed by atoms with van der Waals surface area (Å²) in [4.78, 5) is 25.9. The van der Waals surface area contributed by atoms with Crippen LogP contribution in [-0.4, -0.2) is 30.4 Å². The lowest BCUT2D eigenvalue weighted by Gasteiger charge is -2.31. The predicted molar refractivity (Wildman–Crippen MR) is 100 cm³/mol. The van der Waals surface area contributed by atoms with Crippen molar-refractivity contribution in [3.05, 3.63) is 59.2 Å². The standard InChI is InChI=1S/C22H23NO3/c1-14-3-6-16(7-4-14)17-8-5-15(2)18(13-17)19-20(24)22(23-21(19)25)9-11-26-12-10-22/h3-8,13,19H,9-12H2,1-2H3,(H,23,25).